The maximum absolute atomic E-state index is 12.1. The average molecular weight is 334 g/mol. The molecule has 0 spiro atoms. The van der Waals surface area contributed by atoms with Crippen LogP contribution in [0.4, 0.5) is 5.88 Å². The zero-order chi connectivity index (χ0) is 17.7. The Labute approximate surface area is 138 Å². The van der Waals surface area contributed by atoms with Crippen LogP contribution in [-0.4, -0.2) is 37.4 Å². The molecule has 0 bridgehead atoms. The van der Waals surface area contributed by atoms with Gasteiger partial charge in [-0.3, -0.25) is 10.1 Å². The van der Waals surface area contributed by atoms with Crippen molar-refractivity contribution in [3.8, 4) is 11.5 Å². The number of hydrogen-bond donors (Lipinski definition) is 1. The highest BCUT2D eigenvalue weighted by Crippen LogP contribution is 2.27. The van der Waals surface area contributed by atoms with Crippen molar-refractivity contribution in [3.05, 3.63) is 35.5 Å². The molecule has 0 saturated carbocycles. The number of benzene rings is 1. The van der Waals surface area contributed by atoms with Gasteiger partial charge in [-0.15, -0.1) is 0 Å². The normalized spacial score (nSPS) is 11.5. The molecule has 0 radical (unpaired) electrons. The van der Waals surface area contributed by atoms with E-state index in [0.29, 0.717) is 17.2 Å². The Morgan fingerprint density at radius 2 is 1.88 bits per heavy atom. The SMILES string of the molecule is COc1ccc(C(=O)OC(C)C(=O)Nc2cc(C)no2)cc1OC. The second-order valence-electron chi connectivity index (χ2n) is 4.94. The summed E-state index contributed by atoms with van der Waals surface area (Å²) in [5.41, 5.74) is 0.864. The number of nitrogens with zero attached hydrogens (tertiary/aromatic N) is 1. The van der Waals surface area contributed by atoms with Gasteiger partial charge >= 0.3 is 5.97 Å². The highest BCUT2D eigenvalue weighted by Gasteiger charge is 2.21. The topological polar surface area (TPSA) is 99.9 Å². The highest BCUT2D eigenvalue weighted by atomic mass is 16.5. The second kappa shape index (κ2) is 7.49. The first-order chi connectivity index (χ1) is 11.4. The Hall–Kier alpha value is -3.03. The number of carbonyl (C=O) groups is 2. The number of esters is 1. The summed E-state index contributed by atoms with van der Waals surface area (Å²) in [5, 5.41) is 6.12. The summed E-state index contributed by atoms with van der Waals surface area (Å²) < 4.78 is 20.2. The van der Waals surface area contributed by atoms with E-state index in [-0.39, 0.29) is 11.4 Å². The van der Waals surface area contributed by atoms with Gasteiger partial charge in [-0.25, -0.2) is 4.79 Å². The molecular weight excluding hydrogens is 316 g/mol. The van der Waals surface area contributed by atoms with Crippen molar-refractivity contribution in [2.45, 2.75) is 20.0 Å². The van der Waals surface area contributed by atoms with E-state index < -0.39 is 18.0 Å². The highest BCUT2D eigenvalue weighted by molar-refractivity contribution is 5.96. The lowest BCUT2D eigenvalue weighted by molar-refractivity contribution is -0.123. The minimum Gasteiger partial charge on any atom is -0.493 e. The third-order valence-electron chi connectivity index (χ3n) is 3.15. The Kier molecular flexibility index (Phi) is 5.41. The number of amides is 1. The molecule has 1 heterocycles. The van der Waals surface area contributed by atoms with E-state index in [0.717, 1.165) is 0 Å². The summed E-state index contributed by atoms with van der Waals surface area (Å²) in [4.78, 5) is 24.1. The minimum absolute atomic E-state index is 0.187. The van der Waals surface area contributed by atoms with Crippen molar-refractivity contribution in [2.75, 3.05) is 19.5 Å². The quantitative estimate of drug-likeness (QED) is 0.808. The number of aromatic nitrogens is 1. The summed E-state index contributed by atoms with van der Waals surface area (Å²) in [6, 6.07) is 6.14. The predicted octanol–water partition coefficient (Wildman–Crippen LogP) is 2.18. The Morgan fingerprint density at radius 1 is 1.17 bits per heavy atom. The zero-order valence-corrected chi connectivity index (χ0v) is 13.8. The van der Waals surface area contributed by atoms with E-state index in [4.69, 9.17) is 18.7 Å². The smallest absolute Gasteiger partial charge is 0.339 e. The number of nitrogens with one attached hydrogen (secondary N) is 1. The summed E-state index contributed by atoms with van der Waals surface area (Å²) in [7, 11) is 2.95. The molecule has 8 heteroatoms. The van der Waals surface area contributed by atoms with Crippen molar-refractivity contribution in [2.24, 2.45) is 0 Å². The molecule has 1 N–H and O–H groups in total. The van der Waals surface area contributed by atoms with E-state index in [2.05, 4.69) is 10.5 Å². The van der Waals surface area contributed by atoms with Gasteiger partial charge in [0.1, 0.15) is 0 Å². The van der Waals surface area contributed by atoms with Gasteiger partial charge in [0.05, 0.1) is 25.5 Å². The number of ether oxygens (including phenoxy) is 3. The van der Waals surface area contributed by atoms with Crippen LogP contribution in [0.15, 0.2) is 28.8 Å². The first-order valence-corrected chi connectivity index (χ1v) is 7.11. The molecule has 2 rings (SSSR count). The molecule has 2 aromatic rings. The standard InChI is InChI=1S/C16H18N2O6/c1-9-7-14(24-18-9)17-15(19)10(2)23-16(20)11-5-6-12(21-3)13(8-11)22-4/h5-8,10H,1-4H3,(H,17,19). The van der Waals surface area contributed by atoms with Crippen molar-refractivity contribution in [1.29, 1.82) is 0 Å². The Morgan fingerprint density at radius 3 is 2.46 bits per heavy atom. The molecule has 24 heavy (non-hydrogen) atoms. The van der Waals surface area contributed by atoms with Crippen LogP contribution in [0.25, 0.3) is 0 Å². The first-order valence-electron chi connectivity index (χ1n) is 7.11. The largest absolute Gasteiger partial charge is 0.493 e. The van der Waals surface area contributed by atoms with E-state index in [1.807, 2.05) is 0 Å². The Balaban J connectivity index is 2.01. The molecule has 0 aliphatic rings. The van der Waals surface area contributed by atoms with Gasteiger partial charge in [-0.2, -0.15) is 0 Å². The van der Waals surface area contributed by atoms with E-state index in [1.165, 1.54) is 33.3 Å². The maximum Gasteiger partial charge on any atom is 0.339 e. The van der Waals surface area contributed by atoms with Gasteiger partial charge in [-0.1, -0.05) is 5.16 Å². The minimum atomic E-state index is -1.02. The number of anilines is 1. The van der Waals surface area contributed by atoms with Crippen LogP contribution in [0.5, 0.6) is 11.5 Å². The van der Waals surface area contributed by atoms with Crippen molar-refractivity contribution >= 4 is 17.8 Å². The number of hydrogen-bond acceptors (Lipinski definition) is 7. The fourth-order valence-electron chi connectivity index (χ4n) is 1.89. The van der Waals surface area contributed by atoms with E-state index in [9.17, 15) is 9.59 Å². The van der Waals surface area contributed by atoms with Gasteiger partial charge in [0, 0.05) is 6.07 Å². The molecule has 0 aliphatic heterocycles. The summed E-state index contributed by atoms with van der Waals surface area (Å²) in [5.74, 6) is -0.124. The third kappa shape index (κ3) is 4.03. The van der Waals surface area contributed by atoms with Crippen LogP contribution >= 0.6 is 0 Å². The lowest BCUT2D eigenvalue weighted by Crippen LogP contribution is -2.29. The zero-order valence-electron chi connectivity index (χ0n) is 13.8. The fourth-order valence-corrected chi connectivity index (χ4v) is 1.89. The monoisotopic (exact) mass is 334 g/mol. The van der Waals surface area contributed by atoms with Crippen LogP contribution < -0.4 is 14.8 Å². The first kappa shape index (κ1) is 17.3. The van der Waals surface area contributed by atoms with Crippen molar-refractivity contribution in [1.82, 2.24) is 5.16 Å². The number of aryl methyl sites for hydroxylation is 1. The lowest BCUT2D eigenvalue weighted by Gasteiger charge is -2.13. The molecule has 1 atom stereocenters. The van der Waals surface area contributed by atoms with Crippen LogP contribution in [0, 0.1) is 6.92 Å². The molecule has 0 saturated heterocycles. The molecule has 128 valence electrons. The Bertz CT molecular complexity index is 740. The molecule has 1 unspecified atom stereocenters. The van der Waals surface area contributed by atoms with Crippen LogP contribution in [0.1, 0.15) is 23.0 Å². The molecular formula is C16H18N2O6. The van der Waals surface area contributed by atoms with Crippen LogP contribution in [-0.2, 0) is 9.53 Å². The maximum atomic E-state index is 12.1. The number of methoxy groups -OCH3 is 2. The van der Waals surface area contributed by atoms with E-state index >= 15 is 0 Å². The van der Waals surface area contributed by atoms with Crippen LogP contribution in [0.3, 0.4) is 0 Å². The number of carbonyl (C=O) groups excluding carboxylic acids is 2. The molecule has 1 amide bonds. The van der Waals surface area contributed by atoms with Crippen molar-refractivity contribution in [3.63, 3.8) is 0 Å². The summed E-state index contributed by atoms with van der Waals surface area (Å²) in [6.07, 6.45) is -1.02. The van der Waals surface area contributed by atoms with Gasteiger partial charge < -0.3 is 18.7 Å². The van der Waals surface area contributed by atoms with E-state index in [1.54, 1.807) is 19.1 Å². The third-order valence-corrected chi connectivity index (χ3v) is 3.15. The summed E-state index contributed by atoms with van der Waals surface area (Å²) >= 11 is 0. The van der Waals surface area contributed by atoms with Crippen LogP contribution in [0.2, 0.25) is 0 Å². The van der Waals surface area contributed by atoms with Gasteiger partial charge in [0.15, 0.2) is 17.6 Å². The second-order valence-corrected chi connectivity index (χ2v) is 4.94. The van der Waals surface area contributed by atoms with Gasteiger partial charge in [0.25, 0.3) is 5.91 Å². The molecule has 0 fully saturated rings. The lowest BCUT2D eigenvalue weighted by atomic mass is 10.2. The predicted molar refractivity (Wildman–Crippen MR) is 84.3 cm³/mol. The van der Waals surface area contributed by atoms with Crippen molar-refractivity contribution < 1.29 is 28.3 Å². The summed E-state index contributed by atoms with van der Waals surface area (Å²) in [6.45, 7) is 3.18. The number of rotatable bonds is 6. The molecule has 8 nitrogen and oxygen atoms in total. The fraction of sp³-hybridized carbons (Fsp3) is 0.312. The average Bonchev–Trinajstić information content (AvgIpc) is 2.98. The molecule has 0 aliphatic carbocycles. The van der Waals surface area contributed by atoms with Gasteiger partial charge in [0.2, 0.25) is 5.88 Å². The molecule has 1 aromatic heterocycles. The van der Waals surface area contributed by atoms with Gasteiger partial charge in [-0.05, 0) is 32.0 Å². The molecule has 1 aromatic carbocycles.